The van der Waals surface area contributed by atoms with E-state index in [1.165, 1.54) is 23.9 Å². The Labute approximate surface area is 137 Å². The van der Waals surface area contributed by atoms with E-state index in [9.17, 15) is 9.18 Å². The molecule has 23 heavy (non-hydrogen) atoms. The number of hydrogen-bond donors (Lipinski definition) is 3. The number of rotatable bonds is 1. The van der Waals surface area contributed by atoms with Crippen molar-refractivity contribution in [1.82, 2.24) is 5.32 Å². The standard InChI is InChI=1S/C15H18FN3O3S/c1-8-5-22-7-15(10-4-9(17)2-3-12(10)16)11(8)6-23-13(19-15)18-14(20)21/h2-4,8,11H,5-7,17H2,1H3,(H,18,19)(H,20,21)/t8-,11+,15+/m0/s1. The van der Waals surface area contributed by atoms with Gasteiger partial charge in [-0.1, -0.05) is 18.7 Å². The number of benzene rings is 1. The van der Waals surface area contributed by atoms with Crippen molar-refractivity contribution in [2.75, 3.05) is 24.7 Å². The number of carbonyl (C=O) groups is 1. The van der Waals surface area contributed by atoms with Crippen molar-refractivity contribution in [3.8, 4) is 0 Å². The van der Waals surface area contributed by atoms with Gasteiger partial charge in [-0.2, -0.15) is 0 Å². The van der Waals surface area contributed by atoms with Crippen molar-refractivity contribution in [2.45, 2.75) is 12.5 Å². The van der Waals surface area contributed by atoms with Crippen LogP contribution in [0.1, 0.15) is 12.5 Å². The van der Waals surface area contributed by atoms with Gasteiger partial charge >= 0.3 is 6.09 Å². The lowest BCUT2D eigenvalue weighted by Gasteiger charge is -2.47. The number of thioether (sulfide) groups is 1. The van der Waals surface area contributed by atoms with Crippen LogP contribution in [-0.4, -0.2) is 35.3 Å². The van der Waals surface area contributed by atoms with Crippen LogP contribution < -0.4 is 11.1 Å². The lowest BCUT2D eigenvalue weighted by Crippen LogP contribution is -2.52. The van der Waals surface area contributed by atoms with Gasteiger partial charge in [0.2, 0.25) is 0 Å². The van der Waals surface area contributed by atoms with Crippen LogP contribution in [0, 0.1) is 17.7 Å². The lowest BCUT2D eigenvalue weighted by molar-refractivity contribution is -0.0340. The van der Waals surface area contributed by atoms with Crippen LogP contribution in [0.3, 0.4) is 0 Å². The van der Waals surface area contributed by atoms with E-state index in [4.69, 9.17) is 15.6 Å². The number of halogens is 1. The monoisotopic (exact) mass is 339 g/mol. The van der Waals surface area contributed by atoms with Crippen molar-refractivity contribution >= 4 is 28.7 Å². The molecule has 6 nitrogen and oxygen atoms in total. The quantitative estimate of drug-likeness (QED) is 0.682. The van der Waals surface area contributed by atoms with E-state index in [1.54, 1.807) is 6.07 Å². The second-order valence-corrected chi connectivity index (χ2v) is 6.93. The third kappa shape index (κ3) is 2.88. The fourth-order valence-corrected chi connectivity index (χ4v) is 4.59. The summed E-state index contributed by atoms with van der Waals surface area (Å²) in [7, 11) is 0. The molecule has 0 aliphatic carbocycles. The van der Waals surface area contributed by atoms with Crippen LogP contribution >= 0.6 is 11.8 Å². The molecule has 1 saturated heterocycles. The van der Waals surface area contributed by atoms with Crippen molar-refractivity contribution in [3.63, 3.8) is 0 Å². The van der Waals surface area contributed by atoms with Gasteiger partial charge < -0.3 is 15.6 Å². The molecule has 2 aliphatic rings. The summed E-state index contributed by atoms with van der Waals surface area (Å²) >= 11 is 1.33. The van der Waals surface area contributed by atoms with Crippen LogP contribution in [0.5, 0.6) is 0 Å². The van der Waals surface area contributed by atoms with Gasteiger partial charge in [-0.3, -0.25) is 5.32 Å². The number of ether oxygens (including phenoxy) is 1. The van der Waals surface area contributed by atoms with Gasteiger partial charge in [-0.25, -0.2) is 14.2 Å². The highest BCUT2D eigenvalue weighted by molar-refractivity contribution is 8.13. The Morgan fingerprint density at radius 1 is 1.61 bits per heavy atom. The number of carboxylic acid groups (broad SMARTS) is 1. The number of anilines is 1. The number of nitrogens with zero attached hydrogens (tertiary/aromatic N) is 1. The maximum absolute atomic E-state index is 14.5. The maximum atomic E-state index is 14.5. The van der Waals surface area contributed by atoms with Gasteiger partial charge in [-0.15, -0.1) is 0 Å². The predicted molar refractivity (Wildman–Crippen MR) is 87.0 cm³/mol. The highest BCUT2D eigenvalue weighted by Crippen LogP contribution is 2.47. The predicted octanol–water partition coefficient (Wildman–Crippen LogP) is 2.26. The van der Waals surface area contributed by atoms with Crippen LogP contribution in [0.4, 0.5) is 14.9 Å². The first-order valence-electron chi connectivity index (χ1n) is 7.28. The van der Waals surface area contributed by atoms with Crippen LogP contribution in [0.25, 0.3) is 0 Å². The first-order valence-corrected chi connectivity index (χ1v) is 8.27. The molecular weight excluding hydrogens is 321 g/mol. The molecular formula is C15H18FN3O3S. The van der Waals surface area contributed by atoms with E-state index in [-0.39, 0.29) is 23.6 Å². The van der Waals surface area contributed by atoms with Gasteiger partial charge in [0, 0.05) is 29.5 Å². The topological polar surface area (TPSA) is 96.9 Å². The molecule has 4 N–H and O–H groups in total. The zero-order valence-electron chi connectivity index (χ0n) is 12.6. The van der Waals surface area contributed by atoms with E-state index in [0.29, 0.717) is 23.6 Å². The summed E-state index contributed by atoms with van der Waals surface area (Å²) in [6.45, 7) is 2.82. The molecule has 8 heteroatoms. The summed E-state index contributed by atoms with van der Waals surface area (Å²) in [6, 6.07) is 4.38. The molecule has 3 rings (SSSR count). The van der Waals surface area contributed by atoms with Crippen molar-refractivity contribution in [3.05, 3.63) is 29.6 Å². The molecule has 0 bridgehead atoms. The smallest absolute Gasteiger partial charge is 0.410 e. The fraction of sp³-hybridized carbons (Fsp3) is 0.467. The number of fused-ring (bicyclic) bond motifs is 1. The Morgan fingerprint density at radius 3 is 3.13 bits per heavy atom. The molecule has 2 aliphatic heterocycles. The zero-order chi connectivity index (χ0) is 16.6. The Morgan fingerprint density at radius 2 is 2.39 bits per heavy atom. The highest BCUT2D eigenvalue weighted by Gasteiger charge is 2.50. The first kappa shape index (κ1) is 16.1. The van der Waals surface area contributed by atoms with Crippen molar-refractivity contribution in [2.24, 2.45) is 16.8 Å². The molecule has 3 atom stereocenters. The minimum Gasteiger partial charge on any atom is -0.465 e. The molecule has 0 spiro atoms. The largest absolute Gasteiger partial charge is 0.465 e. The Bertz CT molecular complexity index is 669. The van der Waals surface area contributed by atoms with Crippen LogP contribution in [0.15, 0.2) is 23.2 Å². The molecule has 1 aromatic rings. The molecule has 124 valence electrons. The number of nitrogens with one attached hydrogen (secondary N) is 1. The Balaban J connectivity index is 2.14. The van der Waals surface area contributed by atoms with E-state index in [1.807, 2.05) is 6.92 Å². The normalized spacial score (nSPS) is 30.3. The van der Waals surface area contributed by atoms with Crippen LogP contribution in [0.2, 0.25) is 0 Å². The van der Waals surface area contributed by atoms with Gasteiger partial charge in [0.25, 0.3) is 0 Å². The number of hydrogen-bond acceptors (Lipinski definition) is 5. The van der Waals surface area contributed by atoms with Gasteiger partial charge in [-0.05, 0) is 24.1 Å². The summed E-state index contributed by atoms with van der Waals surface area (Å²) in [5, 5.41) is 11.5. The lowest BCUT2D eigenvalue weighted by atomic mass is 9.72. The Hall–Kier alpha value is -1.80. The molecule has 0 aromatic heterocycles. The SMILES string of the molecule is C[C@H]1COC[C@]2(c3cc(N)ccc3F)N=C(NC(=O)O)SC[C@H]12. The summed E-state index contributed by atoms with van der Waals surface area (Å²) in [4.78, 5) is 15.5. The van der Waals surface area contributed by atoms with Gasteiger partial charge in [0.05, 0.1) is 6.61 Å². The van der Waals surface area contributed by atoms with E-state index < -0.39 is 17.4 Å². The van der Waals surface area contributed by atoms with Crippen LogP contribution in [-0.2, 0) is 10.3 Å². The minimum atomic E-state index is -1.19. The summed E-state index contributed by atoms with van der Waals surface area (Å²) < 4.78 is 20.2. The molecule has 2 heterocycles. The third-order valence-corrected chi connectivity index (χ3v) is 5.37. The maximum Gasteiger partial charge on any atom is 0.410 e. The average molecular weight is 339 g/mol. The number of nitrogen functional groups attached to an aromatic ring is 1. The van der Waals surface area contributed by atoms with E-state index in [2.05, 4.69) is 10.3 Å². The zero-order valence-corrected chi connectivity index (χ0v) is 13.4. The van der Waals surface area contributed by atoms with Gasteiger partial charge in [0.15, 0.2) is 5.17 Å². The van der Waals surface area contributed by atoms with E-state index in [0.717, 1.165) is 0 Å². The molecule has 0 unspecified atom stereocenters. The first-order chi connectivity index (χ1) is 10.9. The number of nitrogens with two attached hydrogens (primary N) is 1. The summed E-state index contributed by atoms with van der Waals surface area (Å²) in [5.74, 6) is 0.439. The minimum absolute atomic E-state index is 0.0388. The number of amides is 1. The molecule has 1 fully saturated rings. The molecule has 1 aromatic carbocycles. The van der Waals surface area contributed by atoms with Gasteiger partial charge in [0.1, 0.15) is 11.4 Å². The van der Waals surface area contributed by atoms with E-state index >= 15 is 0 Å². The summed E-state index contributed by atoms with van der Waals surface area (Å²) in [6.07, 6.45) is -1.19. The molecule has 0 saturated carbocycles. The summed E-state index contributed by atoms with van der Waals surface area (Å²) in [5.41, 5.74) is 5.67. The fourth-order valence-electron chi connectivity index (χ4n) is 3.26. The second-order valence-electron chi connectivity index (χ2n) is 5.92. The third-order valence-electron chi connectivity index (χ3n) is 4.37. The second kappa shape index (κ2) is 6.01. The van der Waals surface area contributed by atoms with Crippen molar-refractivity contribution < 1.29 is 19.0 Å². The average Bonchev–Trinajstić information content (AvgIpc) is 2.49. The highest BCUT2D eigenvalue weighted by atomic mass is 32.2. The molecule has 1 amide bonds. The number of amidine groups is 1. The number of aliphatic imine (C=N–C) groups is 1. The molecule has 0 radical (unpaired) electrons. The Kier molecular flexibility index (Phi) is 4.20. The van der Waals surface area contributed by atoms with Crippen molar-refractivity contribution in [1.29, 1.82) is 0 Å².